The largest absolute Gasteiger partial charge is 0.489 e. The fourth-order valence-electron chi connectivity index (χ4n) is 3.71. The highest BCUT2D eigenvalue weighted by Gasteiger charge is 2.36. The average molecular weight is 475 g/mol. The third-order valence-electron chi connectivity index (χ3n) is 5.35. The summed E-state index contributed by atoms with van der Waals surface area (Å²) in [5, 5.41) is 11.5. The molecule has 0 bridgehead atoms. The number of alkyl halides is 3. The maximum atomic E-state index is 13.7. The van der Waals surface area contributed by atoms with Gasteiger partial charge in [-0.3, -0.25) is 5.41 Å². The first-order valence-electron chi connectivity index (χ1n) is 10.4. The van der Waals surface area contributed by atoms with E-state index in [9.17, 15) is 17.6 Å². The van der Waals surface area contributed by atoms with Crippen molar-refractivity contribution in [2.45, 2.75) is 25.1 Å². The van der Waals surface area contributed by atoms with E-state index in [-0.39, 0.29) is 47.5 Å². The van der Waals surface area contributed by atoms with Crippen LogP contribution in [0.3, 0.4) is 0 Å². The lowest BCUT2D eigenvalue weighted by Crippen LogP contribution is -2.35. The normalized spacial score (nSPS) is 16.4. The first kappa shape index (κ1) is 23.3. The van der Waals surface area contributed by atoms with Gasteiger partial charge in [0, 0.05) is 12.1 Å². The van der Waals surface area contributed by atoms with Crippen molar-refractivity contribution in [1.29, 1.82) is 5.41 Å². The Labute approximate surface area is 192 Å². The molecule has 1 unspecified atom stereocenters. The first-order valence-corrected chi connectivity index (χ1v) is 10.4. The Morgan fingerprint density at radius 3 is 2.71 bits per heavy atom. The highest BCUT2D eigenvalue weighted by atomic mass is 19.4. The number of hydrogen-bond donors (Lipinski definition) is 2. The van der Waals surface area contributed by atoms with Crippen molar-refractivity contribution < 1.29 is 26.8 Å². The Morgan fingerprint density at radius 1 is 1.24 bits per heavy atom. The Hall–Kier alpha value is -3.89. The molecule has 0 aliphatic carbocycles. The second-order valence-corrected chi connectivity index (χ2v) is 7.67. The lowest BCUT2D eigenvalue weighted by molar-refractivity contribution is -0.138. The number of likely N-dealkylation sites (tertiary alicyclic amines) is 1. The Morgan fingerprint density at radius 2 is 2.00 bits per heavy atom. The van der Waals surface area contributed by atoms with Crippen LogP contribution in [-0.2, 0) is 6.18 Å². The van der Waals surface area contributed by atoms with Gasteiger partial charge >= 0.3 is 6.18 Å². The molecule has 34 heavy (non-hydrogen) atoms. The standard InChI is InChI=1S/C23H21F4N5O2/c24-16-8-5-14(6-9-16)3-2-12-33-19-10-7-15(13-17(19)23(25,26)27)20-30-21(34-31-20)18-4-1-11-32(18)22(28)29/h2-3,5-10,13,18H,1,4,11-12H2,(H3,28,29). The van der Waals surface area contributed by atoms with Crippen molar-refractivity contribution in [2.75, 3.05) is 13.2 Å². The molecule has 0 radical (unpaired) electrons. The molecule has 7 nitrogen and oxygen atoms in total. The minimum Gasteiger partial charge on any atom is -0.489 e. The summed E-state index contributed by atoms with van der Waals surface area (Å²) in [6.45, 7) is 0.451. The number of benzene rings is 2. The third kappa shape index (κ3) is 5.19. The van der Waals surface area contributed by atoms with Gasteiger partial charge in [-0.15, -0.1) is 0 Å². The van der Waals surface area contributed by atoms with E-state index in [0.29, 0.717) is 18.5 Å². The van der Waals surface area contributed by atoms with Gasteiger partial charge in [0.05, 0.1) is 5.56 Å². The average Bonchev–Trinajstić information content (AvgIpc) is 3.47. The second kappa shape index (κ2) is 9.54. The van der Waals surface area contributed by atoms with Crippen LogP contribution in [0.25, 0.3) is 17.5 Å². The quantitative estimate of drug-likeness (QED) is 0.295. The number of guanidine groups is 1. The molecule has 178 valence electrons. The summed E-state index contributed by atoms with van der Waals surface area (Å²) >= 11 is 0. The molecule has 3 aromatic rings. The molecule has 2 heterocycles. The van der Waals surface area contributed by atoms with Gasteiger partial charge < -0.3 is 19.9 Å². The van der Waals surface area contributed by atoms with Gasteiger partial charge in [-0.1, -0.05) is 23.4 Å². The first-order chi connectivity index (χ1) is 16.2. The molecule has 1 aromatic heterocycles. The van der Waals surface area contributed by atoms with Crippen molar-refractivity contribution in [3.8, 4) is 17.1 Å². The van der Waals surface area contributed by atoms with Crippen molar-refractivity contribution in [2.24, 2.45) is 5.73 Å². The SMILES string of the molecule is N=C(N)N1CCCC1c1nc(-c2ccc(OCC=Cc3ccc(F)cc3)c(C(F)(F)F)c2)no1. The maximum Gasteiger partial charge on any atom is 0.419 e. The third-order valence-corrected chi connectivity index (χ3v) is 5.35. The molecule has 1 aliphatic heterocycles. The summed E-state index contributed by atoms with van der Waals surface area (Å²) in [5.74, 6) is -0.656. The monoisotopic (exact) mass is 475 g/mol. The van der Waals surface area contributed by atoms with Crippen molar-refractivity contribution in [3.63, 3.8) is 0 Å². The summed E-state index contributed by atoms with van der Waals surface area (Å²) in [4.78, 5) is 5.85. The van der Waals surface area contributed by atoms with E-state index in [1.807, 2.05) is 0 Å². The lowest BCUT2D eigenvalue weighted by atomic mass is 10.1. The molecule has 1 fully saturated rings. The van der Waals surface area contributed by atoms with E-state index in [2.05, 4.69) is 10.1 Å². The van der Waals surface area contributed by atoms with E-state index in [0.717, 1.165) is 12.5 Å². The molecule has 3 N–H and O–H groups in total. The van der Waals surface area contributed by atoms with Crippen molar-refractivity contribution in [3.05, 3.63) is 71.4 Å². The highest BCUT2D eigenvalue weighted by molar-refractivity contribution is 5.75. The summed E-state index contributed by atoms with van der Waals surface area (Å²) in [6, 6.07) is 8.81. The zero-order chi connectivity index (χ0) is 24.3. The van der Waals surface area contributed by atoms with Crippen LogP contribution in [0, 0.1) is 11.2 Å². The minimum atomic E-state index is -4.67. The predicted molar refractivity (Wildman–Crippen MR) is 116 cm³/mol. The molecule has 0 spiro atoms. The Balaban J connectivity index is 1.51. The van der Waals surface area contributed by atoms with Crippen LogP contribution in [0.5, 0.6) is 5.75 Å². The molecular formula is C23H21F4N5O2. The molecule has 1 saturated heterocycles. The van der Waals surface area contributed by atoms with E-state index >= 15 is 0 Å². The number of nitrogens with one attached hydrogen (secondary N) is 1. The van der Waals surface area contributed by atoms with Crippen molar-refractivity contribution >= 4 is 12.0 Å². The van der Waals surface area contributed by atoms with Crippen LogP contribution in [0.4, 0.5) is 17.6 Å². The number of hydrogen-bond acceptors (Lipinski definition) is 5. The molecule has 1 atom stereocenters. The van der Waals surface area contributed by atoms with Crippen LogP contribution >= 0.6 is 0 Å². The molecule has 0 amide bonds. The van der Waals surface area contributed by atoms with E-state index in [4.69, 9.17) is 20.4 Å². The summed E-state index contributed by atoms with van der Waals surface area (Å²) < 4.78 is 64.7. The summed E-state index contributed by atoms with van der Waals surface area (Å²) in [6.07, 6.45) is -0.0884. The van der Waals surface area contributed by atoms with Gasteiger partial charge in [0.2, 0.25) is 11.7 Å². The fourth-order valence-corrected chi connectivity index (χ4v) is 3.71. The van der Waals surface area contributed by atoms with Crippen molar-refractivity contribution in [1.82, 2.24) is 15.0 Å². The minimum absolute atomic E-state index is 0.00124. The fraction of sp³-hybridized carbons (Fsp3) is 0.261. The van der Waals surface area contributed by atoms with Gasteiger partial charge in [0.25, 0.3) is 0 Å². The van der Waals surface area contributed by atoms with Crippen LogP contribution < -0.4 is 10.5 Å². The van der Waals surface area contributed by atoms with Crippen LogP contribution in [-0.4, -0.2) is 34.2 Å². The van der Waals surface area contributed by atoms with Gasteiger partial charge in [-0.25, -0.2) is 4.39 Å². The molecule has 1 aliphatic rings. The number of aromatic nitrogens is 2. The molecule has 0 saturated carbocycles. The van der Waals surface area contributed by atoms with Gasteiger partial charge in [-0.05, 0) is 54.8 Å². The number of rotatable bonds is 6. The van der Waals surface area contributed by atoms with E-state index in [1.54, 1.807) is 23.1 Å². The maximum absolute atomic E-state index is 13.7. The van der Waals surface area contributed by atoms with E-state index in [1.165, 1.54) is 30.3 Å². The second-order valence-electron chi connectivity index (χ2n) is 7.67. The number of ether oxygens (including phenoxy) is 1. The van der Waals surface area contributed by atoms with Crippen LogP contribution in [0.2, 0.25) is 0 Å². The summed E-state index contributed by atoms with van der Waals surface area (Å²) in [5.41, 5.74) is 5.41. The highest BCUT2D eigenvalue weighted by Crippen LogP contribution is 2.39. The smallest absolute Gasteiger partial charge is 0.419 e. The molecule has 2 aromatic carbocycles. The predicted octanol–water partition coefficient (Wildman–Crippen LogP) is 5.02. The lowest BCUT2D eigenvalue weighted by Gasteiger charge is -2.21. The zero-order valence-electron chi connectivity index (χ0n) is 17.8. The number of nitrogens with zero attached hydrogens (tertiary/aromatic N) is 3. The Kier molecular flexibility index (Phi) is 6.53. The van der Waals surface area contributed by atoms with Gasteiger partial charge in [0.1, 0.15) is 24.2 Å². The Bertz CT molecular complexity index is 1190. The molecule has 4 rings (SSSR count). The van der Waals surface area contributed by atoms with Gasteiger partial charge in [0.15, 0.2) is 5.96 Å². The van der Waals surface area contributed by atoms with Gasteiger partial charge in [-0.2, -0.15) is 18.2 Å². The molecule has 11 heteroatoms. The zero-order valence-corrected chi connectivity index (χ0v) is 17.8. The van der Waals surface area contributed by atoms with Crippen LogP contribution in [0.1, 0.15) is 35.9 Å². The molecular weight excluding hydrogens is 454 g/mol. The van der Waals surface area contributed by atoms with Crippen LogP contribution in [0.15, 0.2) is 53.1 Å². The number of halogens is 4. The van der Waals surface area contributed by atoms with E-state index < -0.39 is 11.7 Å². The topological polar surface area (TPSA) is 101 Å². The number of nitrogens with two attached hydrogens (primary N) is 1. The summed E-state index contributed by atoms with van der Waals surface area (Å²) in [7, 11) is 0.